The van der Waals surface area contributed by atoms with Crippen molar-refractivity contribution in [2.45, 2.75) is 13.5 Å². The van der Waals surface area contributed by atoms with Crippen molar-refractivity contribution < 1.29 is 23.0 Å². The fourth-order valence-corrected chi connectivity index (χ4v) is 2.62. The van der Waals surface area contributed by atoms with Crippen molar-refractivity contribution in [1.29, 1.82) is 5.26 Å². The Balaban J connectivity index is 1.62. The summed E-state index contributed by atoms with van der Waals surface area (Å²) in [5, 5.41) is 11.9. The first kappa shape index (κ1) is 21.5. The molecule has 156 valence electrons. The number of anilines is 1. The van der Waals surface area contributed by atoms with Crippen LogP contribution in [0.4, 0.5) is 14.5 Å². The van der Waals surface area contributed by atoms with Crippen LogP contribution in [0.1, 0.15) is 16.7 Å². The summed E-state index contributed by atoms with van der Waals surface area (Å²) < 4.78 is 34.3. The highest BCUT2D eigenvalue weighted by molar-refractivity contribution is 6.02. The highest BCUT2D eigenvalue weighted by Gasteiger charge is 2.08. The largest absolute Gasteiger partial charge is 0.438 e. The van der Waals surface area contributed by atoms with Crippen LogP contribution in [0.25, 0.3) is 6.08 Å². The molecule has 0 fully saturated rings. The summed E-state index contributed by atoms with van der Waals surface area (Å²) in [4.78, 5) is 16.3. The number of benzene rings is 2. The summed E-state index contributed by atoms with van der Waals surface area (Å²) in [5.41, 5.74) is 2.31. The van der Waals surface area contributed by atoms with Crippen LogP contribution < -0.4 is 14.8 Å². The number of ether oxygens (including phenoxy) is 2. The minimum absolute atomic E-state index is 0.0436. The Morgan fingerprint density at radius 2 is 1.90 bits per heavy atom. The quantitative estimate of drug-likeness (QED) is 0.523. The minimum atomic E-state index is -2.88. The van der Waals surface area contributed by atoms with Gasteiger partial charge in [-0.05, 0) is 66.6 Å². The van der Waals surface area contributed by atoms with E-state index in [0.29, 0.717) is 22.6 Å². The van der Waals surface area contributed by atoms with Gasteiger partial charge in [0, 0.05) is 18.0 Å². The number of nitrogens with one attached hydrogen (secondary N) is 1. The summed E-state index contributed by atoms with van der Waals surface area (Å²) in [6, 6.07) is 16.2. The van der Waals surface area contributed by atoms with E-state index in [1.165, 1.54) is 24.4 Å². The van der Waals surface area contributed by atoms with Gasteiger partial charge in [-0.2, -0.15) is 14.0 Å². The predicted molar refractivity (Wildman–Crippen MR) is 111 cm³/mol. The number of hydrogen-bond acceptors (Lipinski definition) is 5. The van der Waals surface area contributed by atoms with E-state index in [1.807, 2.05) is 6.07 Å². The lowest BCUT2D eigenvalue weighted by Gasteiger charge is -2.10. The van der Waals surface area contributed by atoms with E-state index in [-0.39, 0.29) is 17.5 Å². The number of alkyl halides is 2. The molecular weight excluding hydrogens is 404 g/mol. The van der Waals surface area contributed by atoms with E-state index in [2.05, 4.69) is 15.0 Å². The number of carbonyl (C=O) groups excluding carboxylic acids is 1. The second kappa shape index (κ2) is 9.98. The van der Waals surface area contributed by atoms with Crippen molar-refractivity contribution in [3.8, 4) is 23.4 Å². The maximum absolute atomic E-state index is 12.2. The van der Waals surface area contributed by atoms with Gasteiger partial charge in [-0.25, -0.2) is 4.98 Å². The average molecular weight is 421 g/mol. The first-order chi connectivity index (χ1) is 14.9. The van der Waals surface area contributed by atoms with Crippen molar-refractivity contribution in [2.24, 2.45) is 0 Å². The third-order valence-electron chi connectivity index (χ3n) is 4.09. The molecule has 1 heterocycles. The summed E-state index contributed by atoms with van der Waals surface area (Å²) in [5.74, 6) is 0.365. The van der Waals surface area contributed by atoms with E-state index in [0.717, 1.165) is 5.56 Å². The van der Waals surface area contributed by atoms with Gasteiger partial charge in [0.15, 0.2) is 0 Å². The molecule has 1 aromatic heterocycles. The summed E-state index contributed by atoms with van der Waals surface area (Å²) in [7, 11) is 0. The molecule has 6 nitrogen and oxygen atoms in total. The van der Waals surface area contributed by atoms with Crippen molar-refractivity contribution in [3.05, 3.63) is 83.6 Å². The van der Waals surface area contributed by atoms with E-state index >= 15 is 0 Å². The van der Waals surface area contributed by atoms with Gasteiger partial charge in [0.05, 0.1) is 0 Å². The molecule has 0 bridgehead atoms. The molecule has 0 aliphatic carbocycles. The number of rotatable bonds is 7. The van der Waals surface area contributed by atoms with Gasteiger partial charge < -0.3 is 14.8 Å². The van der Waals surface area contributed by atoms with Gasteiger partial charge in [0.1, 0.15) is 23.1 Å². The number of aromatic nitrogens is 1. The number of aryl methyl sites for hydroxylation is 1. The summed E-state index contributed by atoms with van der Waals surface area (Å²) in [6.45, 7) is -1.08. The van der Waals surface area contributed by atoms with Crippen LogP contribution in [-0.2, 0) is 4.79 Å². The topological polar surface area (TPSA) is 84.2 Å². The molecule has 0 aliphatic heterocycles. The molecule has 0 saturated heterocycles. The summed E-state index contributed by atoms with van der Waals surface area (Å²) in [6.07, 6.45) is 4.42. The highest BCUT2D eigenvalue weighted by atomic mass is 19.3. The van der Waals surface area contributed by atoms with Gasteiger partial charge in [-0.15, -0.1) is 0 Å². The Kier molecular flexibility index (Phi) is 6.91. The van der Waals surface area contributed by atoms with Crippen molar-refractivity contribution in [3.63, 3.8) is 0 Å². The number of pyridine rings is 1. The third-order valence-corrected chi connectivity index (χ3v) is 4.09. The molecule has 1 N–H and O–H groups in total. The van der Waals surface area contributed by atoms with E-state index in [1.54, 1.807) is 55.5 Å². The Labute approximate surface area is 177 Å². The Hall–Kier alpha value is -4.25. The molecular formula is C23H17F2N3O3. The lowest BCUT2D eigenvalue weighted by molar-refractivity contribution is -0.111. The highest BCUT2D eigenvalue weighted by Crippen LogP contribution is 2.26. The second-order valence-corrected chi connectivity index (χ2v) is 6.32. The molecule has 0 spiro atoms. The molecule has 8 heteroatoms. The maximum atomic E-state index is 12.2. The number of carbonyl (C=O) groups is 1. The number of amides is 1. The molecule has 3 rings (SSSR count). The third kappa shape index (κ3) is 6.11. The molecule has 0 aliphatic rings. The Morgan fingerprint density at radius 3 is 2.58 bits per heavy atom. The average Bonchev–Trinajstić information content (AvgIpc) is 2.75. The van der Waals surface area contributed by atoms with Crippen molar-refractivity contribution in [1.82, 2.24) is 4.98 Å². The second-order valence-electron chi connectivity index (χ2n) is 6.32. The molecule has 0 saturated carbocycles. The van der Waals surface area contributed by atoms with Crippen LogP contribution in [0.2, 0.25) is 0 Å². The van der Waals surface area contributed by atoms with Crippen LogP contribution in [0, 0.1) is 18.3 Å². The standard InChI is InChI=1S/C23H17F2N3O3/c1-15-13-19(30-22-17(14-26)3-2-12-27-22)9-10-20(15)28-21(29)11-6-16-4-7-18(8-5-16)31-23(24)25/h2-13,23H,1H3,(H,28,29)/b11-6+. The van der Waals surface area contributed by atoms with Crippen LogP contribution in [0.5, 0.6) is 17.4 Å². The molecule has 0 radical (unpaired) electrons. The number of halogens is 2. The van der Waals surface area contributed by atoms with E-state index in [9.17, 15) is 13.6 Å². The molecule has 0 unspecified atom stereocenters. The van der Waals surface area contributed by atoms with Gasteiger partial charge >= 0.3 is 6.61 Å². The molecule has 2 aromatic carbocycles. The lowest BCUT2D eigenvalue weighted by atomic mass is 10.1. The van der Waals surface area contributed by atoms with Gasteiger partial charge in [-0.3, -0.25) is 4.79 Å². The Bertz CT molecular complexity index is 1140. The van der Waals surface area contributed by atoms with E-state index in [4.69, 9.17) is 10.00 Å². The first-order valence-electron chi connectivity index (χ1n) is 9.12. The monoisotopic (exact) mass is 421 g/mol. The van der Waals surface area contributed by atoms with Gasteiger partial charge in [0.25, 0.3) is 0 Å². The van der Waals surface area contributed by atoms with Gasteiger partial charge in [0.2, 0.25) is 11.8 Å². The fourth-order valence-electron chi connectivity index (χ4n) is 2.62. The zero-order chi connectivity index (χ0) is 22.2. The normalized spacial score (nSPS) is 10.7. The smallest absolute Gasteiger partial charge is 0.387 e. The minimum Gasteiger partial charge on any atom is -0.438 e. The SMILES string of the molecule is Cc1cc(Oc2ncccc2C#N)ccc1NC(=O)/C=C/c1ccc(OC(F)F)cc1. The number of nitriles is 1. The first-order valence-corrected chi connectivity index (χ1v) is 9.12. The Morgan fingerprint density at radius 1 is 1.16 bits per heavy atom. The van der Waals surface area contributed by atoms with Crippen molar-refractivity contribution >= 4 is 17.7 Å². The fraction of sp³-hybridized carbons (Fsp3) is 0.0870. The van der Waals surface area contributed by atoms with Crippen LogP contribution in [0.3, 0.4) is 0 Å². The molecule has 31 heavy (non-hydrogen) atoms. The zero-order valence-corrected chi connectivity index (χ0v) is 16.4. The lowest BCUT2D eigenvalue weighted by Crippen LogP contribution is -2.09. The zero-order valence-electron chi connectivity index (χ0n) is 16.4. The predicted octanol–water partition coefficient (Wildman–Crippen LogP) is 5.31. The molecule has 0 atom stereocenters. The van der Waals surface area contributed by atoms with Crippen LogP contribution in [0.15, 0.2) is 66.9 Å². The maximum Gasteiger partial charge on any atom is 0.387 e. The van der Waals surface area contributed by atoms with Crippen LogP contribution in [-0.4, -0.2) is 17.5 Å². The van der Waals surface area contributed by atoms with E-state index < -0.39 is 6.61 Å². The summed E-state index contributed by atoms with van der Waals surface area (Å²) >= 11 is 0. The van der Waals surface area contributed by atoms with Crippen molar-refractivity contribution in [2.75, 3.05) is 5.32 Å². The van der Waals surface area contributed by atoms with Gasteiger partial charge in [-0.1, -0.05) is 12.1 Å². The molecule has 1 amide bonds. The number of nitrogens with zero attached hydrogens (tertiary/aromatic N) is 2. The number of hydrogen-bond donors (Lipinski definition) is 1. The molecule has 3 aromatic rings. The van der Waals surface area contributed by atoms with Crippen LogP contribution >= 0.6 is 0 Å².